The van der Waals surface area contributed by atoms with E-state index in [1.807, 2.05) is 0 Å². The molecular formula is C15H19ClFNO4. The summed E-state index contributed by atoms with van der Waals surface area (Å²) in [5, 5.41) is 8.92. The van der Waals surface area contributed by atoms with Crippen molar-refractivity contribution in [3.63, 3.8) is 0 Å². The van der Waals surface area contributed by atoms with Crippen molar-refractivity contribution in [2.45, 2.75) is 19.8 Å². The molecule has 0 aliphatic carbocycles. The number of hydrogen-bond acceptors (Lipinski definition) is 4. The van der Waals surface area contributed by atoms with Crippen LogP contribution in [0.1, 0.15) is 30.1 Å². The molecule has 1 N–H and O–H groups in total. The van der Waals surface area contributed by atoms with E-state index in [-0.39, 0.29) is 43.3 Å². The predicted molar refractivity (Wildman–Crippen MR) is 80.3 cm³/mol. The Balaban J connectivity index is 2.86. The van der Waals surface area contributed by atoms with E-state index >= 15 is 0 Å². The first-order valence-electron chi connectivity index (χ1n) is 7.01. The van der Waals surface area contributed by atoms with E-state index in [4.69, 9.17) is 21.4 Å². The smallest absolute Gasteiger partial charge is 0.307 e. The number of nitrogens with zero attached hydrogens (tertiary/aromatic N) is 1. The van der Waals surface area contributed by atoms with Crippen molar-refractivity contribution in [1.29, 1.82) is 0 Å². The summed E-state index contributed by atoms with van der Waals surface area (Å²) in [6, 6.07) is 3.98. The highest BCUT2D eigenvalue weighted by molar-refractivity contribution is 6.33. The normalized spacial score (nSPS) is 10.4. The van der Waals surface area contributed by atoms with Gasteiger partial charge in [-0.3, -0.25) is 9.59 Å². The molecular weight excluding hydrogens is 313 g/mol. The molecule has 0 saturated heterocycles. The van der Waals surface area contributed by atoms with Crippen molar-refractivity contribution in [2.24, 2.45) is 0 Å². The van der Waals surface area contributed by atoms with E-state index in [0.29, 0.717) is 6.42 Å². The number of ether oxygens (including phenoxy) is 1. The fourth-order valence-electron chi connectivity index (χ4n) is 1.90. The highest BCUT2D eigenvalue weighted by atomic mass is 35.5. The molecule has 122 valence electrons. The maximum absolute atomic E-state index is 13.8. The van der Waals surface area contributed by atoms with Crippen molar-refractivity contribution in [1.82, 2.24) is 4.90 Å². The summed E-state index contributed by atoms with van der Waals surface area (Å²) in [4.78, 5) is 25.1. The Morgan fingerprint density at radius 2 is 2.09 bits per heavy atom. The fourth-order valence-corrected chi connectivity index (χ4v) is 2.14. The summed E-state index contributed by atoms with van der Waals surface area (Å²) in [7, 11) is 0. The first kappa shape index (κ1) is 18.4. The molecule has 1 rings (SSSR count). The number of halogens is 2. The molecule has 0 fully saturated rings. The quantitative estimate of drug-likeness (QED) is 0.742. The number of rotatable bonds is 8. The zero-order chi connectivity index (χ0) is 16.5. The van der Waals surface area contributed by atoms with Gasteiger partial charge in [0.1, 0.15) is 5.82 Å². The highest BCUT2D eigenvalue weighted by Crippen LogP contribution is 2.21. The van der Waals surface area contributed by atoms with Gasteiger partial charge in [-0.05, 0) is 25.5 Å². The molecule has 0 aliphatic heterocycles. The minimum Gasteiger partial charge on any atom is -0.466 e. The monoisotopic (exact) mass is 331 g/mol. The van der Waals surface area contributed by atoms with E-state index in [9.17, 15) is 14.0 Å². The van der Waals surface area contributed by atoms with Gasteiger partial charge in [-0.2, -0.15) is 0 Å². The molecule has 0 unspecified atom stereocenters. The van der Waals surface area contributed by atoms with Crippen molar-refractivity contribution < 1.29 is 23.8 Å². The Morgan fingerprint density at radius 1 is 1.36 bits per heavy atom. The Bertz CT molecular complexity index is 504. The summed E-state index contributed by atoms with van der Waals surface area (Å²) in [6.07, 6.45) is 0.317. The molecule has 7 heteroatoms. The molecule has 22 heavy (non-hydrogen) atoms. The standard InChI is InChI=1S/C15H19ClFNO4/c1-2-22-13(20)7-9-18(8-4-10-19)15(21)14-11(16)5-3-6-12(14)17/h3,5-6,19H,2,4,7-10H2,1H3. The van der Waals surface area contributed by atoms with Crippen molar-refractivity contribution >= 4 is 23.5 Å². The van der Waals surface area contributed by atoms with Gasteiger partial charge in [-0.25, -0.2) is 4.39 Å². The fraction of sp³-hybridized carbons (Fsp3) is 0.467. The van der Waals surface area contributed by atoms with E-state index < -0.39 is 17.7 Å². The molecule has 0 atom stereocenters. The zero-order valence-corrected chi connectivity index (χ0v) is 13.1. The van der Waals surface area contributed by atoms with Crippen LogP contribution >= 0.6 is 11.6 Å². The molecule has 0 aromatic heterocycles. The lowest BCUT2D eigenvalue weighted by Gasteiger charge is -2.22. The van der Waals surface area contributed by atoms with Gasteiger partial charge >= 0.3 is 5.97 Å². The Morgan fingerprint density at radius 3 is 2.68 bits per heavy atom. The Labute approximate surface area is 133 Å². The first-order chi connectivity index (χ1) is 10.5. The van der Waals surface area contributed by atoms with Crippen LogP contribution < -0.4 is 0 Å². The average Bonchev–Trinajstić information content (AvgIpc) is 2.47. The summed E-state index contributed by atoms with van der Waals surface area (Å²) in [5.74, 6) is -1.77. The zero-order valence-electron chi connectivity index (χ0n) is 12.3. The van der Waals surface area contributed by atoms with Crippen LogP contribution in [0, 0.1) is 5.82 Å². The average molecular weight is 332 g/mol. The Hall–Kier alpha value is -1.66. The largest absolute Gasteiger partial charge is 0.466 e. The number of amides is 1. The van der Waals surface area contributed by atoms with Crippen LogP contribution in [0.3, 0.4) is 0 Å². The number of hydrogen-bond donors (Lipinski definition) is 1. The van der Waals surface area contributed by atoms with E-state index in [1.54, 1.807) is 6.92 Å². The number of benzene rings is 1. The SMILES string of the molecule is CCOC(=O)CCN(CCCO)C(=O)c1c(F)cccc1Cl. The highest BCUT2D eigenvalue weighted by Gasteiger charge is 2.22. The number of esters is 1. The number of carbonyl (C=O) groups is 2. The second-order valence-corrected chi connectivity index (χ2v) is 4.93. The van der Waals surface area contributed by atoms with Crippen LogP contribution in [-0.2, 0) is 9.53 Å². The molecule has 0 heterocycles. The van der Waals surface area contributed by atoms with E-state index in [2.05, 4.69) is 0 Å². The lowest BCUT2D eigenvalue weighted by atomic mass is 10.1. The number of aliphatic hydroxyl groups excluding tert-OH is 1. The predicted octanol–water partition coefficient (Wildman–Crippen LogP) is 2.26. The van der Waals surface area contributed by atoms with Gasteiger partial charge < -0.3 is 14.7 Å². The Kier molecular flexibility index (Phi) is 7.84. The van der Waals surface area contributed by atoms with E-state index in [0.717, 1.165) is 6.07 Å². The summed E-state index contributed by atoms with van der Waals surface area (Å²) < 4.78 is 18.6. The third-order valence-electron chi connectivity index (χ3n) is 2.94. The molecule has 0 bridgehead atoms. The minimum atomic E-state index is -0.720. The summed E-state index contributed by atoms with van der Waals surface area (Å²) in [6.45, 7) is 2.09. The topological polar surface area (TPSA) is 66.8 Å². The van der Waals surface area contributed by atoms with Crippen LogP contribution in [0.15, 0.2) is 18.2 Å². The maximum atomic E-state index is 13.8. The van der Waals surface area contributed by atoms with Crippen molar-refractivity contribution in [2.75, 3.05) is 26.3 Å². The van der Waals surface area contributed by atoms with Crippen LogP contribution in [0.2, 0.25) is 5.02 Å². The van der Waals surface area contributed by atoms with Crippen LogP contribution in [0.25, 0.3) is 0 Å². The molecule has 1 amide bonds. The van der Waals surface area contributed by atoms with Gasteiger partial charge in [-0.1, -0.05) is 17.7 Å². The number of aliphatic hydroxyl groups is 1. The van der Waals surface area contributed by atoms with Crippen molar-refractivity contribution in [3.8, 4) is 0 Å². The lowest BCUT2D eigenvalue weighted by Crippen LogP contribution is -2.35. The van der Waals surface area contributed by atoms with Crippen molar-refractivity contribution in [3.05, 3.63) is 34.6 Å². The van der Waals surface area contributed by atoms with E-state index in [1.165, 1.54) is 17.0 Å². The first-order valence-corrected chi connectivity index (χ1v) is 7.38. The molecule has 1 aromatic carbocycles. The summed E-state index contributed by atoms with van der Waals surface area (Å²) in [5.41, 5.74) is -0.231. The molecule has 0 aliphatic rings. The van der Waals surface area contributed by atoms with Gasteiger partial charge in [0, 0.05) is 19.7 Å². The second-order valence-electron chi connectivity index (χ2n) is 4.52. The number of carbonyl (C=O) groups excluding carboxylic acids is 2. The molecule has 0 saturated carbocycles. The molecule has 0 radical (unpaired) electrons. The minimum absolute atomic E-state index is 0.00290. The second kappa shape index (κ2) is 9.38. The van der Waals surface area contributed by atoms with Gasteiger partial charge in [0.25, 0.3) is 5.91 Å². The molecule has 0 spiro atoms. The van der Waals surface area contributed by atoms with Gasteiger partial charge in [0.2, 0.25) is 0 Å². The third-order valence-corrected chi connectivity index (χ3v) is 3.26. The van der Waals surface area contributed by atoms with Gasteiger partial charge in [0.15, 0.2) is 0 Å². The van der Waals surface area contributed by atoms with Crippen LogP contribution in [0.5, 0.6) is 0 Å². The summed E-state index contributed by atoms with van der Waals surface area (Å²) >= 11 is 5.89. The molecule has 1 aromatic rings. The molecule has 5 nitrogen and oxygen atoms in total. The lowest BCUT2D eigenvalue weighted by molar-refractivity contribution is -0.143. The maximum Gasteiger partial charge on any atom is 0.307 e. The third kappa shape index (κ3) is 5.27. The van der Waals surface area contributed by atoms with Crippen LogP contribution in [-0.4, -0.2) is 48.2 Å². The van der Waals surface area contributed by atoms with Gasteiger partial charge in [0.05, 0.1) is 23.6 Å². The van der Waals surface area contributed by atoms with Crippen LogP contribution in [0.4, 0.5) is 4.39 Å². The van der Waals surface area contributed by atoms with Gasteiger partial charge in [-0.15, -0.1) is 0 Å².